The van der Waals surface area contributed by atoms with E-state index in [2.05, 4.69) is 0 Å². The highest BCUT2D eigenvalue weighted by Gasteiger charge is 2.22. The van der Waals surface area contributed by atoms with Gasteiger partial charge in [0.1, 0.15) is 0 Å². The molecule has 2 atom stereocenters. The topological polar surface area (TPSA) is 70.5 Å². The lowest BCUT2D eigenvalue weighted by molar-refractivity contribution is -0.0475. The standard InChI is InChI=1S/C5H12N2O2.C2H6/c6-1-4-3-8-5(2-7)9-4;1-2/h4-5H,1-3,6-7H2;1-2H3. The highest BCUT2D eigenvalue weighted by molar-refractivity contribution is 4.65. The Balaban J connectivity index is 0.000000461. The molecule has 0 aromatic carbocycles. The predicted molar refractivity (Wildman–Crippen MR) is 44.1 cm³/mol. The summed E-state index contributed by atoms with van der Waals surface area (Å²) in [6.07, 6.45) is -0.169. The van der Waals surface area contributed by atoms with Gasteiger partial charge < -0.3 is 20.9 Å². The largest absolute Gasteiger partial charge is 0.349 e. The molecule has 1 saturated heterocycles. The van der Waals surface area contributed by atoms with Crippen molar-refractivity contribution >= 4 is 0 Å². The van der Waals surface area contributed by atoms with Crippen molar-refractivity contribution in [2.24, 2.45) is 11.5 Å². The van der Waals surface area contributed by atoms with E-state index in [1.165, 1.54) is 0 Å². The van der Waals surface area contributed by atoms with Crippen LogP contribution in [0.2, 0.25) is 0 Å². The molecule has 2 unspecified atom stereocenters. The fourth-order valence-corrected chi connectivity index (χ4v) is 0.755. The average Bonchev–Trinajstić information content (AvgIpc) is 2.55. The molecule has 1 aliphatic rings. The predicted octanol–water partition coefficient (Wildman–Crippen LogP) is -0.328. The highest BCUT2D eigenvalue weighted by Crippen LogP contribution is 2.08. The normalized spacial score (nSPS) is 29.5. The van der Waals surface area contributed by atoms with E-state index in [0.717, 1.165) is 0 Å². The van der Waals surface area contributed by atoms with Crippen LogP contribution in [0.4, 0.5) is 0 Å². The maximum atomic E-state index is 5.30. The first-order chi connectivity index (χ1) is 5.36. The quantitative estimate of drug-likeness (QED) is 0.583. The van der Waals surface area contributed by atoms with Gasteiger partial charge in [-0.2, -0.15) is 0 Å². The van der Waals surface area contributed by atoms with Crippen molar-refractivity contribution < 1.29 is 9.47 Å². The molecular weight excluding hydrogens is 144 g/mol. The lowest BCUT2D eigenvalue weighted by atomic mass is 10.4. The van der Waals surface area contributed by atoms with Crippen molar-refractivity contribution in [1.82, 2.24) is 0 Å². The van der Waals surface area contributed by atoms with E-state index in [1.54, 1.807) is 0 Å². The average molecular weight is 162 g/mol. The van der Waals surface area contributed by atoms with Crippen LogP contribution in [0.5, 0.6) is 0 Å². The molecule has 1 fully saturated rings. The van der Waals surface area contributed by atoms with Crippen LogP contribution in [0, 0.1) is 0 Å². The van der Waals surface area contributed by atoms with Gasteiger partial charge in [0.15, 0.2) is 6.29 Å². The molecule has 0 bridgehead atoms. The maximum absolute atomic E-state index is 5.30. The van der Waals surface area contributed by atoms with Crippen LogP contribution in [0.1, 0.15) is 13.8 Å². The molecule has 4 heteroatoms. The van der Waals surface area contributed by atoms with Crippen LogP contribution in [0.15, 0.2) is 0 Å². The van der Waals surface area contributed by atoms with Gasteiger partial charge in [0.25, 0.3) is 0 Å². The van der Waals surface area contributed by atoms with Crippen LogP contribution in [0.3, 0.4) is 0 Å². The molecule has 68 valence electrons. The molecule has 0 saturated carbocycles. The van der Waals surface area contributed by atoms with E-state index in [4.69, 9.17) is 20.9 Å². The van der Waals surface area contributed by atoms with Crippen molar-refractivity contribution in [3.63, 3.8) is 0 Å². The van der Waals surface area contributed by atoms with E-state index in [9.17, 15) is 0 Å². The fraction of sp³-hybridized carbons (Fsp3) is 1.00. The van der Waals surface area contributed by atoms with Gasteiger partial charge in [0.05, 0.1) is 12.7 Å². The monoisotopic (exact) mass is 162 g/mol. The second-order valence-corrected chi connectivity index (χ2v) is 1.99. The van der Waals surface area contributed by atoms with Crippen molar-refractivity contribution in [1.29, 1.82) is 0 Å². The fourth-order valence-electron chi connectivity index (χ4n) is 0.755. The molecule has 1 aliphatic heterocycles. The third-order valence-electron chi connectivity index (χ3n) is 1.27. The molecule has 1 rings (SSSR count). The van der Waals surface area contributed by atoms with E-state index < -0.39 is 0 Å². The van der Waals surface area contributed by atoms with Crippen LogP contribution in [0.25, 0.3) is 0 Å². The minimum Gasteiger partial charge on any atom is -0.349 e. The molecule has 0 spiro atoms. The zero-order valence-corrected chi connectivity index (χ0v) is 7.25. The van der Waals surface area contributed by atoms with Crippen LogP contribution in [-0.4, -0.2) is 32.1 Å². The molecule has 0 aromatic heterocycles. The van der Waals surface area contributed by atoms with E-state index >= 15 is 0 Å². The molecule has 0 aliphatic carbocycles. The SMILES string of the molecule is CC.NCC1COC(CN)O1. The van der Waals surface area contributed by atoms with Gasteiger partial charge in [-0.25, -0.2) is 0 Å². The number of rotatable bonds is 2. The lowest BCUT2D eigenvalue weighted by Crippen LogP contribution is -2.25. The number of hydrogen-bond acceptors (Lipinski definition) is 4. The highest BCUT2D eigenvalue weighted by atomic mass is 16.7. The number of ether oxygens (including phenoxy) is 2. The van der Waals surface area contributed by atoms with Gasteiger partial charge in [-0.1, -0.05) is 13.8 Å². The first kappa shape index (κ1) is 10.8. The Morgan fingerprint density at radius 3 is 2.18 bits per heavy atom. The molecular formula is C7H18N2O2. The van der Waals surface area contributed by atoms with Crippen LogP contribution >= 0.6 is 0 Å². The van der Waals surface area contributed by atoms with Gasteiger partial charge in [0, 0.05) is 13.1 Å². The summed E-state index contributed by atoms with van der Waals surface area (Å²) in [6.45, 7) is 5.51. The Morgan fingerprint density at radius 1 is 1.27 bits per heavy atom. The zero-order valence-electron chi connectivity index (χ0n) is 7.25. The molecule has 4 N–H and O–H groups in total. The summed E-state index contributed by atoms with van der Waals surface area (Å²) in [6, 6.07) is 0. The Kier molecular flexibility index (Phi) is 6.45. The summed E-state index contributed by atoms with van der Waals surface area (Å²) in [5, 5.41) is 0. The second-order valence-electron chi connectivity index (χ2n) is 1.99. The van der Waals surface area contributed by atoms with Crippen molar-refractivity contribution in [3.05, 3.63) is 0 Å². The summed E-state index contributed by atoms with van der Waals surface area (Å²) >= 11 is 0. The minimum absolute atomic E-state index is 0.0542. The Hall–Kier alpha value is -0.160. The summed E-state index contributed by atoms with van der Waals surface area (Å²) < 4.78 is 10.3. The van der Waals surface area contributed by atoms with Gasteiger partial charge in [-0.15, -0.1) is 0 Å². The third-order valence-corrected chi connectivity index (χ3v) is 1.27. The molecule has 0 radical (unpaired) electrons. The Bertz CT molecular complexity index is 80.5. The van der Waals surface area contributed by atoms with Crippen LogP contribution < -0.4 is 11.5 Å². The maximum Gasteiger partial charge on any atom is 0.170 e. The van der Waals surface area contributed by atoms with E-state index in [-0.39, 0.29) is 12.4 Å². The Morgan fingerprint density at radius 2 is 1.91 bits per heavy atom. The molecule has 0 amide bonds. The second kappa shape index (κ2) is 6.54. The molecule has 0 aromatic rings. The van der Waals surface area contributed by atoms with Gasteiger partial charge >= 0.3 is 0 Å². The van der Waals surface area contributed by atoms with Crippen LogP contribution in [-0.2, 0) is 9.47 Å². The molecule has 1 heterocycles. The van der Waals surface area contributed by atoms with Gasteiger partial charge in [0.2, 0.25) is 0 Å². The van der Waals surface area contributed by atoms with Gasteiger partial charge in [-0.3, -0.25) is 0 Å². The summed E-state index contributed by atoms with van der Waals surface area (Å²) in [5.74, 6) is 0. The van der Waals surface area contributed by atoms with Gasteiger partial charge in [-0.05, 0) is 0 Å². The summed E-state index contributed by atoms with van der Waals surface area (Å²) in [5.41, 5.74) is 10.6. The van der Waals surface area contributed by atoms with E-state index in [1.807, 2.05) is 13.8 Å². The van der Waals surface area contributed by atoms with Crippen molar-refractivity contribution in [2.75, 3.05) is 19.7 Å². The summed E-state index contributed by atoms with van der Waals surface area (Å²) in [7, 11) is 0. The lowest BCUT2D eigenvalue weighted by Gasteiger charge is -2.05. The minimum atomic E-state index is -0.224. The molecule has 4 nitrogen and oxygen atoms in total. The van der Waals surface area contributed by atoms with Crippen molar-refractivity contribution in [2.45, 2.75) is 26.2 Å². The van der Waals surface area contributed by atoms with E-state index in [0.29, 0.717) is 19.7 Å². The Labute approximate surface area is 67.8 Å². The smallest absolute Gasteiger partial charge is 0.170 e. The first-order valence-electron chi connectivity index (χ1n) is 4.04. The number of nitrogens with two attached hydrogens (primary N) is 2. The first-order valence-corrected chi connectivity index (χ1v) is 4.04. The zero-order chi connectivity index (χ0) is 8.69. The summed E-state index contributed by atoms with van der Waals surface area (Å²) in [4.78, 5) is 0. The number of hydrogen-bond donors (Lipinski definition) is 2. The molecule has 11 heavy (non-hydrogen) atoms. The van der Waals surface area contributed by atoms with Crippen molar-refractivity contribution in [3.8, 4) is 0 Å². The third kappa shape index (κ3) is 3.67.